The molecule has 4 nitrogen and oxygen atoms in total. The molecule has 1 fully saturated rings. The molecule has 0 spiro atoms. The average Bonchev–Trinajstić information content (AvgIpc) is 2.49. The normalized spacial score (nSPS) is 16.1. The minimum atomic E-state index is -0.164. The van der Waals surface area contributed by atoms with E-state index in [1.54, 1.807) is 0 Å². The Hall–Kier alpha value is -1.81. The molecule has 0 bridgehead atoms. The van der Waals surface area contributed by atoms with Gasteiger partial charge in [-0.15, -0.1) is 0 Å². The van der Waals surface area contributed by atoms with Crippen LogP contribution in [0.25, 0.3) is 0 Å². The van der Waals surface area contributed by atoms with Crippen molar-refractivity contribution in [1.29, 1.82) is 0 Å². The molecule has 2 rings (SSSR count). The monoisotopic (exact) mass is 287 g/mol. The Morgan fingerprint density at radius 3 is 2.62 bits per heavy atom. The number of benzene rings is 1. The molecular weight excluding hydrogens is 262 g/mol. The number of amides is 1. The molecule has 1 aliphatic heterocycles. The van der Waals surface area contributed by atoms with Gasteiger partial charge in [-0.1, -0.05) is 12.6 Å². The molecule has 1 aromatic rings. The van der Waals surface area contributed by atoms with Crippen molar-refractivity contribution in [3.05, 3.63) is 36.4 Å². The molecular formula is C17H25N3O. The summed E-state index contributed by atoms with van der Waals surface area (Å²) in [6.07, 6.45) is 3.60. The van der Waals surface area contributed by atoms with Gasteiger partial charge in [0.25, 0.3) is 0 Å². The van der Waals surface area contributed by atoms with Crippen LogP contribution in [0, 0.1) is 6.92 Å². The van der Waals surface area contributed by atoms with E-state index in [1.165, 1.54) is 11.6 Å². The molecule has 114 valence electrons. The number of piperidine rings is 1. The Bertz CT molecular complexity index is 517. The molecule has 0 atom stereocenters. The van der Waals surface area contributed by atoms with Crippen molar-refractivity contribution >= 4 is 17.3 Å². The third-order valence-corrected chi connectivity index (χ3v) is 4.13. The summed E-state index contributed by atoms with van der Waals surface area (Å²) in [7, 11) is 4.28. The van der Waals surface area contributed by atoms with Gasteiger partial charge in [-0.25, -0.2) is 0 Å². The number of carbonyl (C=O) groups excluding carboxylic acids is 1. The van der Waals surface area contributed by atoms with Crippen LogP contribution < -0.4 is 10.2 Å². The second-order valence-corrected chi connectivity index (χ2v) is 5.90. The van der Waals surface area contributed by atoms with Gasteiger partial charge in [0.2, 0.25) is 5.91 Å². The highest BCUT2D eigenvalue weighted by Crippen LogP contribution is 2.30. The maximum Gasteiger partial charge on any atom is 0.247 e. The summed E-state index contributed by atoms with van der Waals surface area (Å²) in [5, 5.41) is 2.91. The first-order chi connectivity index (χ1) is 10.0. The molecule has 4 heteroatoms. The summed E-state index contributed by atoms with van der Waals surface area (Å²) in [6, 6.07) is 6.80. The molecule has 1 saturated heterocycles. The molecule has 1 aromatic carbocycles. The molecule has 21 heavy (non-hydrogen) atoms. The number of aryl methyl sites for hydroxylation is 1. The number of hydrogen-bond acceptors (Lipinski definition) is 3. The lowest BCUT2D eigenvalue weighted by Gasteiger charge is -2.37. The zero-order chi connectivity index (χ0) is 15.4. The van der Waals surface area contributed by atoms with Crippen LogP contribution in [0.3, 0.4) is 0 Å². The first kappa shape index (κ1) is 15.6. The van der Waals surface area contributed by atoms with Gasteiger partial charge in [0.05, 0.1) is 11.4 Å². The van der Waals surface area contributed by atoms with Crippen molar-refractivity contribution in [1.82, 2.24) is 4.90 Å². The van der Waals surface area contributed by atoms with E-state index in [1.807, 2.05) is 12.1 Å². The van der Waals surface area contributed by atoms with Gasteiger partial charge < -0.3 is 15.1 Å². The Kier molecular flexibility index (Phi) is 5.02. The number of hydrogen-bond donors (Lipinski definition) is 1. The average molecular weight is 287 g/mol. The van der Waals surface area contributed by atoms with Crippen LogP contribution in [0.5, 0.6) is 0 Å². The maximum absolute atomic E-state index is 11.6. The van der Waals surface area contributed by atoms with Crippen molar-refractivity contribution in [2.75, 3.05) is 37.4 Å². The third kappa shape index (κ3) is 3.85. The summed E-state index contributed by atoms with van der Waals surface area (Å²) in [6.45, 7) is 7.63. The van der Waals surface area contributed by atoms with Gasteiger partial charge in [0, 0.05) is 19.1 Å². The van der Waals surface area contributed by atoms with Crippen LogP contribution in [0.4, 0.5) is 11.4 Å². The number of nitrogens with one attached hydrogen (secondary N) is 1. The van der Waals surface area contributed by atoms with Crippen molar-refractivity contribution in [2.24, 2.45) is 0 Å². The summed E-state index contributed by atoms with van der Waals surface area (Å²) in [4.78, 5) is 16.3. The second-order valence-electron chi connectivity index (χ2n) is 5.90. The van der Waals surface area contributed by atoms with Crippen molar-refractivity contribution in [3.8, 4) is 0 Å². The van der Waals surface area contributed by atoms with Gasteiger partial charge in [-0.2, -0.15) is 0 Å². The highest BCUT2D eigenvalue weighted by atomic mass is 16.1. The molecule has 1 amide bonds. The van der Waals surface area contributed by atoms with E-state index in [4.69, 9.17) is 0 Å². The highest BCUT2D eigenvalue weighted by molar-refractivity contribution is 6.01. The van der Waals surface area contributed by atoms with Crippen molar-refractivity contribution in [3.63, 3.8) is 0 Å². The lowest BCUT2D eigenvalue weighted by Crippen LogP contribution is -2.42. The molecule has 0 aromatic heterocycles. The van der Waals surface area contributed by atoms with E-state index in [0.29, 0.717) is 6.04 Å². The zero-order valence-electron chi connectivity index (χ0n) is 13.2. The molecule has 0 unspecified atom stereocenters. The third-order valence-electron chi connectivity index (χ3n) is 4.13. The summed E-state index contributed by atoms with van der Waals surface area (Å²) in [5.74, 6) is -0.164. The number of nitrogens with zero attached hydrogens (tertiary/aromatic N) is 2. The largest absolute Gasteiger partial charge is 0.370 e. The van der Waals surface area contributed by atoms with Crippen molar-refractivity contribution < 1.29 is 4.79 Å². The predicted molar refractivity (Wildman–Crippen MR) is 88.9 cm³/mol. The van der Waals surface area contributed by atoms with Crippen LogP contribution >= 0.6 is 0 Å². The van der Waals surface area contributed by atoms with Crippen LogP contribution in [0.15, 0.2) is 30.9 Å². The first-order valence-corrected chi connectivity index (χ1v) is 7.46. The fourth-order valence-electron chi connectivity index (χ4n) is 2.82. The Morgan fingerprint density at radius 2 is 2.05 bits per heavy atom. The van der Waals surface area contributed by atoms with Crippen LogP contribution in [-0.4, -0.2) is 44.0 Å². The number of carbonyl (C=O) groups is 1. The Morgan fingerprint density at radius 1 is 1.38 bits per heavy atom. The van der Waals surface area contributed by atoms with Gasteiger partial charge in [0.15, 0.2) is 0 Å². The van der Waals surface area contributed by atoms with Crippen LogP contribution in [0.2, 0.25) is 0 Å². The van der Waals surface area contributed by atoms with E-state index in [-0.39, 0.29) is 5.91 Å². The summed E-state index contributed by atoms with van der Waals surface area (Å²) in [5.41, 5.74) is 3.19. The SMILES string of the molecule is C=CC(=O)Nc1ccc(C)cc1N1CCC(N(C)C)CC1. The fourth-order valence-corrected chi connectivity index (χ4v) is 2.82. The topological polar surface area (TPSA) is 35.6 Å². The predicted octanol–water partition coefficient (Wildman–Crippen LogP) is 2.65. The fraction of sp³-hybridized carbons (Fsp3) is 0.471. The van der Waals surface area contributed by atoms with E-state index in [2.05, 4.69) is 48.8 Å². The molecule has 0 saturated carbocycles. The minimum absolute atomic E-state index is 0.164. The molecule has 1 heterocycles. The Balaban J connectivity index is 2.17. The van der Waals surface area contributed by atoms with Crippen LogP contribution in [0.1, 0.15) is 18.4 Å². The van der Waals surface area contributed by atoms with Crippen LogP contribution in [-0.2, 0) is 4.79 Å². The van der Waals surface area contributed by atoms with E-state index in [9.17, 15) is 4.79 Å². The second kappa shape index (κ2) is 6.76. The van der Waals surface area contributed by atoms with Crippen molar-refractivity contribution in [2.45, 2.75) is 25.8 Å². The number of anilines is 2. The summed E-state index contributed by atoms with van der Waals surface area (Å²) >= 11 is 0. The van der Waals surface area contributed by atoms with E-state index in [0.717, 1.165) is 37.3 Å². The quantitative estimate of drug-likeness (QED) is 0.865. The first-order valence-electron chi connectivity index (χ1n) is 7.46. The maximum atomic E-state index is 11.6. The lowest BCUT2D eigenvalue weighted by molar-refractivity contribution is -0.111. The highest BCUT2D eigenvalue weighted by Gasteiger charge is 2.22. The smallest absolute Gasteiger partial charge is 0.247 e. The van der Waals surface area contributed by atoms with Gasteiger partial charge >= 0.3 is 0 Å². The standard InChI is InChI=1S/C17H25N3O/c1-5-17(21)18-15-7-6-13(2)12-16(15)20-10-8-14(9-11-20)19(3)4/h5-7,12,14H,1,8-11H2,2-4H3,(H,18,21). The minimum Gasteiger partial charge on any atom is -0.370 e. The summed E-state index contributed by atoms with van der Waals surface area (Å²) < 4.78 is 0. The Labute approximate surface area is 127 Å². The van der Waals surface area contributed by atoms with Gasteiger partial charge in [0.1, 0.15) is 0 Å². The van der Waals surface area contributed by atoms with E-state index >= 15 is 0 Å². The van der Waals surface area contributed by atoms with Gasteiger partial charge in [-0.05, 0) is 57.6 Å². The van der Waals surface area contributed by atoms with Gasteiger partial charge in [-0.3, -0.25) is 4.79 Å². The lowest BCUT2D eigenvalue weighted by atomic mass is 10.0. The molecule has 1 aliphatic rings. The zero-order valence-corrected chi connectivity index (χ0v) is 13.2. The van der Waals surface area contributed by atoms with E-state index < -0.39 is 0 Å². The molecule has 1 N–H and O–H groups in total. The number of rotatable bonds is 4. The molecule has 0 radical (unpaired) electrons. The molecule has 0 aliphatic carbocycles.